The number of carbonyl (C=O) groups is 1. The van der Waals surface area contributed by atoms with Gasteiger partial charge in [0.1, 0.15) is 5.69 Å². The summed E-state index contributed by atoms with van der Waals surface area (Å²) in [5.74, 6) is 0. The van der Waals surface area contributed by atoms with Gasteiger partial charge in [0.2, 0.25) is 0 Å². The zero-order valence-corrected chi connectivity index (χ0v) is 7.00. The molecule has 10 heavy (non-hydrogen) atoms. The minimum Gasteiger partial charge on any atom is -0.296 e. The second kappa shape index (κ2) is 2.92. The molecule has 4 nitrogen and oxygen atoms in total. The fourth-order valence-corrected chi connectivity index (χ4v) is 1.01. The molecule has 0 N–H and O–H groups in total. The summed E-state index contributed by atoms with van der Waals surface area (Å²) in [5, 5.41) is 7.35. The molecule has 0 aliphatic heterocycles. The van der Waals surface area contributed by atoms with Gasteiger partial charge in [-0.2, -0.15) is 0 Å². The SMILES string of the molecule is CCn1nnc(Br)c1C=O. The Kier molecular flexibility index (Phi) is 2.16. The highest BCUT2D eigenvalue weighted by atomic mass is 79.9. The molecule has 1 rings (SSSR count). The molecule has 0 fully saturated rings. The second-order valence-corrected chi connectivity index (χ2v) is 2.45. The van der Waals surface area contributed by atoms with Crippen LogP contribution in [0.3, 0.4) is 0 Å². The lowest BCUT2D eigenvalue weighted by atomic mass is 10.5. The quantitative estimate of drug-likeness (QED) is 0.671. The zero-order chi connectivity index (χ0) is 7.56. The van der Waals surface area contributed by atoms with E-state index in [4.69, 9.17) is 0 Å². The topological polar surface area (TPSA) is 47.8 Å². The average molecular weight is 204 g/mol. The smallest absolute Gasteiger partial charge is 0.170 e. The summed E-state index contributed by atoms with van der Waals surface area (Å²) >= 11 is 3.09. The molecule has 0 radical (unpaired) electrons. The van der Waals surface area contributed by atoms with Gasteiger partial charge in [0.05, 0.1) is 0 Å². The summed E-state index contributed by atoms with van der Waals surface area (Å²) in [4.78, 5) is 10.3. The summed E-state index contributed by atoms with van der Waals surface area (Å²) in [6, 6.07) is 0. The number of aryl methyl sites for hydroxylation is 1. The normalized spacial score (nSPS) is 9.80. The maximum atomic E-state index is 10.3. The van der Waals surface area contributed by atoms with Crippen molar-refractivity contribution in [2.75, 3.05) is 0 Å². The molecule has 0 aliphatic rings. The first-order valence-electron chi connectivity index (χ1n) is 2.83. The van der Waals surface area contributed by atoms with Gasteiger partial charge >= 0.3 is 0 Å². The lowest BCUT2D eigenvalue weighted by Crippen LogP contribution is -2.01. The molecular formula is C5H6BrN3O. The van der Waals surface area contributed by atoms with E-state index >= 15 is 0 Å². The lowest BCUT2D eigenvalue weighted by molar-refractivity contribution is 0.111. The van der Waals surface area contributed by atoms with Crippen LogP contribution in [0.15, 0.2) is 4.60 Å². The van der Waals surface area contributed by atoms with Crippen molar-refractivity contribution in [2.24, 2.45) is 0 Å². The maximum absolute atomic E-state index is 10.3. The first-order valence-corrected chi connectivity index (χ1v) is 3.63. The second-order valence-electron chi connectivity index (χ2n) is 1.70. The third kappa shape index (κ3) is 1.09. The van der Waals surface area contributed by atoms with Gasteiger partial charge in [-0.25, -0.2) is 4.68 Å². The van der Waals surface area contributed by atoms with E-state index in [2.05, 4.69) is 26.2 Å². The Hall–Kier alpha value is -0.710. The van der Waals surface area contributed by atoms with Crippen LogP contribution in [0.25, 0.3) is 0 Å². The van der Waals surface area contributed by atoms with E-state index in [-0.39, 0.29) is 0 Å². The van der Waals surface area contributed by atoms with Crippen LogP contribution >= 0.6 is 15.9 Å². The van der Waals surface area contributed by atoms with Crippen LogP contribution in [0.1, 0.15) is 17.4 Å². The third-order valence-electron chi connectivity index (χ3n) is 1.14. The van der Waals surface area contributed by atoms with Crippen molar-refractivity contribution >= 4 is 22.2 Å². The monoisotopic (exact) mass is 203 g/mol. The summed E-state index contributed by atoms with van der Waals surface area (Å²) < 4.78 is 2.03. The van der Waals surface area contributed by atoms with Gasteiger partial charge in [0.25, 0.3) is 0 Å². The molecule has 0 aromatic carbocycles. The van der Waals surface area contributed by atoms with Crippen molar-refractivity contribution in [1.82, 2.24) is 15.0 Å². The number of rotatable bonds is 2. The van der Waals surface area contributed by atoms with Gasteiger partial charge < -0.3 is 0 Å². The number of carbonyl (C=O) groups excluding carboxylic acids is 1. The molecule has 0 saturated carbocycles. The zero-order valence-electron chi connectivity index (χ0n) is 5.41. The Morgan fingerprint density at radius 3 is 2.90 bits per heavy atom. The molecule has 0 aliphatic carbocycles. The fourth-order valence-electron chi connectivity index (χ4n) is 0.642. The molecule has 1 aromatic rings. The van der Waals surface area contributed by atoms with Gasteiger partial charge in [0, 0.05) is 6.54 Å². The van der Waals surface area contributed by atoms with E-state index in [1.807, 2.05) is 6.92 Å². The minimum absolute atomic E-state index is 0.488. The Labute approximate surface area is 66.4 Å². The van der Waals surface area contributed by atoms with Crippen molar-refractivity contribution in [1.29, 1.82) is 0 Å². The largest absolute Gasteiger partial charge is 0.296 e. The van der Waals surface area contributed by atoms with Crippen LogP contribution in [0.5, 0.6) is 0 Å². The van der Waals surface area contributed by atoms with Crippen molar-refractivity contribution in [3.63, 3.8) is 0 Å². The first-order chi connectivity index (χ1) is 4.79. The highest BCUT2D eigenvalue weighted by Gasteiger charge is 2.06. The van der Waals surface area contributed by atoms with Crippen LogP contribution < -0.4 is 0 Å². The van der Waals surface area contributed by atoms with Crippen LogP contribution in [-0.4, -0.2) is 21.3 Å². The van der Waals surface area contributed by atoms with Gasteiger partial charge in [-0.3, -0.25) is 4.79 Å². The molecule has 54 valence electrons. The molecule has 0 unspecified atom stereocenters. The van der Waals surface area contributed by atoms with Gasteiger partial charge in [0.15, 0.2) is 10.9 Å². The number of nitrogens with zero attached hydrogens (tertiary/aromatic N) is 3. The summed E-state index contributed by atoms with van der Waals surface area (Å²) in [6.45, 7) is 2.56. The number of hydrogen-bond donors (Lipinski definition) is 0. The fraction of sp³-hybridized carbons (Fsp3) is 0.400. The van der Waals surface area contributed by atoms with E-state index < -0.39 is 0 Å². The molecular weight excluding hydrogens is 198 g/mol. The molecule has 0 amide bonds. The van der Waals surface area contributed by atoms with Crippen LogP contribution in [-0.2, 0) is 6.54 Å². The van der Waals surface area contributed by atoms with E-state index in [1.165, 1.54) is 4.68 Å². The Morgan fingerprint density at radius 1 is 1.80 bits per heavy atom. The number of aromatic nitrogens is 3. The molecule has 0 spiro atoms. The number of aldehydes is 1. The average Bonchev–Trinajstić information content (AvgIpc) is 2.30. The standard InChI is InChI=1S/C5H6BrN3O/c1-2-9-4(3-10)5(6)7-8-9/h3H,2H2,1H3. The molecule has 0 saturated heterocycles. The number of hydrogen-bond acceptors (Lipinski definition) is 3. The van der Waals surface area contributed by atoms with Gasteiger partial charge in [-0.1, -0.05) is 5.21 Å². The summed E-state index contributed by atoms with van der Waals surface area (Å²) in [5.41, 5.74) is 0.488. The van der Waals surface area contributed by atoms with Gasteiger partial charge in [-0.15, -0.1) is 5.10 Å². The Balaban J connectivity index is 3.12. The van der Waals surface area contributed by atoms with E-state index in [0.717, 1.165) is 6.29 Å². The molecule has 1 heterocycles. The minimum atomic E-state index is 0.488. The van der Waals surface area contributed by atoms with Gasteiger partial charge in [-0.05, 0) is 22.9 Å². The van der Waals surface area contributed by atoms with Crippen LogP contribution in [0.4, 0.5) is 0 Å². The predicted molar refractivity (Wildman–Crippen MR) is 38.8 cm³/mol. The van der Waals surface area contributed by atoms with E-state index in [1.54, 1.807) is 0 Å². The lowest BCUT2D eigenvalue weighted by Gasteiger charge is -1.92. The van der Waals surface area contributed by atoms with E-state index in [0.29, 0.717) is 16.8 Å². The summed E-state index contributed by atoms with van der Waals surface area (Å²) in [7, 11) is 0. The maximum Gasteiger partial charge on any atom is 0.170 e. The highest BCUT2D eigenvalue weighted by Crippen LogP contribution is 2.09. The van der Waals surface area contributed by atoms with Crippen LogP contribution in [0.2, 0.25) is 0 Å². The van der Waals surface area contributed by atoms with E-state index in [9.17, 15) is 4.79 Å². The van der Waals surface area contributed by atoms with Crippen molar-refractivity contribution in [3.8, 4) is 0 Å². The number of halogens is 1. The molecule has 5 heteroatoms. The predicted octanol–water partition coefficient (Wildman–Crippen LogP) is 0.873. The molecule has 1 aromatic heterocycles. The molecule has 0 bridgehead atoms. The Morgan fingerprint density at radius 2 is 2.50 bits per heavy atom. The van der Waals surface area contributed by atoms with Crippen molar-refractivity contribution in [3.05, 3.63) is 10.3 Å². The van der Waals surface area contributed by atoms with Crippen LogP contribution in [0, 0.1) is 0 Å². The van der Waals surface area contributed by atoms with Crippen molar-refractivity contribution < 1.29 is 4.79 Å². The Bertz CT molecular complexity index is 245. The first kappa shape index (κ1) is 7.40. The third-order valence-corrected chi connectivity index (χ3v) is 1.71. The van der Waals surface area contributed by atoms with Crippen molar-refractivity contribution in [2.45, 2.75) is 13.5 Å². The highest BCUT2D eigenvalue weighted by molar-refractivity contribution is 9.10. The molecule has 0 atom stereocenters. The summed E-state index contributed by atoms with van der Waals surface area (Å²) in [6.07, 6.45) is 0.730.